The largest absolute Gasteiger partial charge is 0.493 e. The Hall–Kier alpha value is -2.91. The number of methoxy groups -OCH3 is 1. The standard InChI is InChI=1S/C21H26N2O6S/c1-13-9-17(30(26,27)23(4)5)11-18(14(13)2)22-21(25)12-29-19-8-7-16(15(3)24)10-20(19)28-6/h7-11H,12H2,1-6H3,(H,22,25). The van der Waals surface area contributed by atoms with Gasteiger partial charge in [0.05, 0.1) is 12.0 Å². The number of hydrogen-bond acceptors (Lipinski definition) is 6. The first-order valence-corrected chi connectivity index (χ1v) is 10.6. The molecule has 0 unspecified atom stereocenters. The minimum Gasteiger partial charge on any atom is -0.493 e. The van der Waals surface area contributed by atoms with Crippen LogP contribution < -0.4 is 14.8 Å². The zero-order valence-corrected chi connectivity index (χ0v) is 18.7. The summed E-state index contributed by atoms with van der Waals surface area (Å²) in [5.74, 6) is 0.0710. The lowest BCUT2D eigenvalue weighted by molar-refractivity contribution is -0.118. The second kappa shape index (κ2) is 9.27. The second-order valence-electron chi connectivity index (χ2n) is 6.96. The van der Waals surface area contributed by atoms with E-state index in [1.807, 2.05) is 0 Å². The summed E-state index contributed by atoms with van der Waals surface area (Å²) >= 11 is 0. The highest BCUT2D eigenvalue weighted by Crippen LogP contribution is 2.29. The van der Waals surface area contributed by atoms with Gasteiger partial charge < -0.3 is 14.8 Å². The number of Topliss-reactive ketones (excluding diaryl/α,β-unsaturated/α-hetero) is 1. The van der Waals surface area contributed by atoms with Crippen LogP contribution in [0.25, 0.3) is 0 Å². The van der Waals surface area contributed by atoms with E-state index < -0.39 is 15.9 Å². The Morgan fingerprint density at radius 1 is 1.07 bits per heavy atom. The summed E-state index contributed by atoms with van der Waals surface area (Å²) in [6.45, 7) is 4.69. The van der Waals surface area contributed by atoms with Crippen LogP contribution in [0.5, 0.6) is 11.5 Å². The molecule has 1 amide bonds. The third-order valence-electron chi connectivity index (χ3n) is 4.62. The molecular weight excluding hydrogens is 408 g/mol. The number of ether oxygens (including phenoxy) is 2. The van der Waals surface area contributed by atoms with Crippen molar-refractivity contribution in [2.45, 2.75) is 25.7 Å². The van der Waals surface area contributed by atoms with Crippen molar-refractivity contribution in [3.8, 4) is 11.5 Å². The Morgan fingerprint density at radius 3 is 2.30 bits per heavy atom. The highest BCUT2D eigenvalue weighted by atomic mass is 32.2. The molecule has 1 N–H and O–H groups in total. The highest BCUT2D eigenvalue weighted by Gasteiger charge is 2.20. The minimum absolute atomic E-state index is 0.0910. The molecule has 8 nitrogen and oxygen atoms in total. The number of nitrogens with zero attached hydrogens (tertiary/aromatic N) is 1. The van der Waals surface area contributed by atoms with Crippen LogP contribution in [0.2, 0.25) is 0 Å². The zero-order chi connectivity index (χ0) is 22.6. The monoisotopic (exact) mass is 434 g/mol. The van der Waals surface area contributed by atoms with Crippen molar-refractivity contribution in [1.29, 1.82) is 0 Å². The van der Waals surface area contributed by atoms with Gasteiger partial charge in [0.15, 0.2) is 23.9 Å². The first-order chi connectivity index (χ1) is 14.0. The number of anilines is 1. The Kier molecular flexibility index (Phi) is 7.22. The maximum Gasteiger partial charge on any atom is 0.262 e. The molecule has 0 saturated heterocycles. The van der Waals surface area contributed by atoms with Crippen molar-refractivity contribution in [2.24, 2.45) is 0 Å². The molecular formula is C21H26N2O6S. The van der Waals surface area contributed by atoms with Crippen molar-refractivity contribution in [3.63, 3.8) is 0 Å². The first-order valence-electron chi connectivity index (χ1n) is 9.12. The Morgan fingerprint density at radius 2 is 1.73 bits per heavy atom. The molecule has 0 fully saturated rings. The van der Waals surface area contributed by atoms with Crippen LogP contribution in [0.1, 0.15) is 28.4 Å². The molecule has 0 bridgehead atoms. The quantitative estimate of drug-likeness (QED) is 0.641. The number of aryl methyl sites for hydroxylation is 1. The van der Waals surface area contributed by atoms with Gasteiger partial charge in [-0.15, -0.1) is 0 Å². The summed E-state index contributed by atoms with van der Waals surface area (Å²) in [6, 6.07) is 7.68. The smallest absolute Gasteiger partial charge is 0.262 e. The molecule has 0 aromatic heterocycles. The van der Waals surface area contributed by atoms with Crippen LogP contribution >= 0.6 is 0 Å². The van der Waals surface area contributed by atoms with Crippen LogP contribution in [0, 0.1) is 13.8 Å². The van der Waals surface area contributed by atoms with Crippen molar-refractivity contribution in [2.75, 3.05) is 33.1 Å². The van der Waals surface area contributed by atoms with Gasteiger partial charge in [0, 0.05) is 25.3 Å². The minimum atomic E-state index is -3.64. The maximum atomic E-state index is 12.4. The number of carbonyl (C=O) groups is 2. The predicted octanol–water partition coefficient (Wildman–Crippen LogP) is 2.78. The fraction of sp³-hybridized carbons (Fsp3) is 0.333. The fourth-order valence-corrected chi connectivity index (χ4v) is 3.67. The Bertz CT molecular complexity index is 1080. The average Bonchev–Trinajstić information content (AvgIpc) is 2.69. The van der Waals surface area contributed by atoms with Gasteiger partial charge in [0.2, 0.25) is 10.0 Å². The van der Waals surface area contributed by atoms with Gasteiger partial charge in [-0.1, -0.05) is 0 Å². The number of hydrogen-bond donors (Lipinski definition) is 1. The predicted molar refractivity (Wildman–Crippen MR) is 114 cm³/mol. The molecule has 0 aliphatic rings. The molecule has 2 aromatic rings. The number of ketones is 1. The van der Waals surface area contributed by atoms with E-state index in [9.17, 15) is 18.0 Å². The number of carbonyl (C=O) groups excluding carboxylic acids is 2. The molecule has 0 aliphatic heterocycles. The zero-order valence-electron chi connectivity index (χ0n) is 17.9. The summed E-state index contributed by atoms with van der Waals surface area (Å²) in [5.41, 5.74) is 2.34. The summed E-state index contributed by atoms with van der Waals surface area (Å²) in [5, 5.41) is 2.70. The van der Waals surface area contributed by atoms with E-state index in [2.05, 4.69) is 5.32 Å². The van der Waals surface area contributed by atoms with Gasteiger partial charge in [-0.3, -0.25) is 9.59 Å². The van der Waals surface area contributed by atoms with E-state index in [4.69, 9.17) is 9.47 Å². The van der Waals surface area contributed by atoms with Crippen LogP contribution in [0.15, 0.2) is 35.2 Å². The van der Waals surface area contributed by atoms with E-state index in [0.29, 0.717) is 22.7 Å². The van der Waals surface area contributed by atoms with E-state index >= 15 is 0 Å². The number of nitrogens with one attached hydrogen (secondary N) is 1. The van der Waals surface area contributed by atoms with E-state index in [1.54, 1.807) is 38.1 Å². The van der Waals surface area contributed by atoms with Crippen molar-refractivity contribution < 1.29 is 27.5 Å². The normalized spacial score (nSPS) is 11.3. The summed E-state index contributed by atoms with van der Waals surface area (Å²) in [4.78, 5) is 24.0. The molecule has 0 heterocycles. The summed E-state index contributed by atoms with van der Waals surface area (Å²) in [6.07, 6.45) is 0. The van der Waals surface area contributed by atoms with Crippen molar-refractivity contribution in [3.05, 3.63) is 47.0 Å². The topological polar surface area (TPSA) is 102 Å². The van der Waals surface area contributed by atoms with Crippen LogP contribution in [0.4, 0.5) is 5.69 Å². The van der Waals surface area contributed by atoms with Crippen LogP contribution in [-0.2, 0) is 14.8 Å². The van der Waals surface area contributed by atoms with Crippen LogP contribution in [0.3, 0.4) is 0 Å². The van der Waals surface area contributed by atoms with Gasteiger partial charge in [-0.05, 0) is 62.2 Å². The van der Waals surface area contributed by atoms with Gasteiger partial charge in [0.25, 0.3) is 5.91 Å². The van der Waals surface area contributed by atoms with Crippen molar-refractivity contribution >= 4 is 27.4 Å². The maximum absolute atomic E-state index is 12.4. The van der Waals surface area contributed by atoms with Gasteiger partial charge >= 0.3 is 0 Å². The SMILES string of the molecule is COc1cc(C(C)=O)ccc1OCC(=O)Nc1cc(S(=O)(=O)N(C)C)cc(C)c1C. The number of rotatable bonds is 8. The average molecular weight is 435 g/mol. The molecule has 2 rings (SSSR count). The van der Waals surface area contributed by atoms with E-state index in [0.717, 1.165) is 15.4 Å². The third-order valence-corrected chi connectivity index (χ3v) is 6.42. The molecule has 9 heteroatoms. The van der Waals surface area contributed by atoms with Gasteiger partial charge in [-0.2, -0.15) is 0 Å². The third kappa shape index (κ3) is 5.17. The Balaban J connectivity index is 2.19. The van der Waals surface area contributed by atoms with E-state index in [-0.39, 0.29) is 17.3 Å². The Labute approximate surface area is 176 Å². The molecule has 0 atom stereocenters. The number of amides is 1. The molecule has 162 valence electrons. The fourth-order valence-electron chi connectivity index (χ4n) is 2.65. The lowest BCUT2D eigenvalue weighted by atomic mass is 10.1. The number of benzene rings is 2. The van der Waals surface area contributed by atoms with E-state index in [1.165, 1.54) is 34.2 Å². The van der Waals surface area contributed by atoms with Gasteiger partial charge in [-0.25, -0.2) is 12.7 Å². The second-order valence-corrected chi connectivity index (χ2v) is 9.11. The lowest BCUT2D eigenvalue weighted by Gasteiger charge is -2.17. The summed E-state index contributed by atoms with van der Waals surface area (Å²) in [7, 11) is 0.688. The van der Waals surface area contributed by atoms with Crippen molar-refractivity contribution in [1.82, 2.24) is 4.31 Å². The summed E-state index contributed by atoms with van der Waals surface area (Å²) < 4.78 is 36.7. The van der Waals surface area contributed by atoms with Crippen LogP contribution in [-0.4, -0.2) is 52.2 Å². The molecule has 0 saturated carbocycles. The number of sulfonamides is 1. The molecule has 30 heavy (non-hydrogen) atoms. The molecule has 0 spiro atoms. The molecule has 2 aromatic carbocycles. The molecule has 0 radical (unpaired) electrons. The lowest BCUT2D eigenvalue weighted by Crippen LogP contribution is -2.24. The first kappa shape index (κ1) is 23.4. The van der Waals surface area contributed by atoms with Gasteiger partial charge in [0.1, 0.15) is 0 Å². The highest BCUT2D eigenvalue weighted by molar-refractivity contribution is 7.89. The molecule has 0 aliphatic carbocycles.